The molecule has 4 aromatic rings. The molecule has 1 aromatic carbocycles. The van der Waals surface area contributed by atoms with Gasteiger partial charge in [-0.05, 0) is 12.1 Å². The predicted molar refractivity (Wildman–Crippen MR) is 138 cm³/mol. The molecule has 0 aliphatic carbocycles. The molecule has 2 aliphatic rings. The molecule has 14 heteroatoms. The zero-order chi connectivity index (χ0) is 26.9. The predicted octanol–water partition coefficient (Wildman–Crippen LogP) is 1.75. The number of fused-ring (bicyclic) bond motifs is 1. The molecule has 1 amide bonds. The summed E-state index contributed by atoms with van der Waals surface area (Å²) in [6, 6.07) is 7.52. The van der Waals surface area contributed by atoms with Gasteiger partial charge in [0, 0.05) is 70.4 Å². The first kappa shape index (κ1) is 24.9. The van der Waals surface area contributed by atoms with E-state index in [9.17, 15) is 13.6 Å². The molecule has 6 rings (SSSR count). The number of halogens is 2. The lowest BCUT2D eigenvalue weighted by Crippen LogP contribution is -2.48. The van der Waals surface area contributed by atoms with Gasteiger partial charge in [0.1, 0.15) is 11.5 Å². The molecule has 39 heavy (non-hydrogen) atoms. The van der Waals surface area contributed by atoms with E-state index in [-0.39, 0.29) is 23.3 Å². The third kappa shape index (κ3) is 5.14. The van der Waals surface area contributed by atoms with Crippen molar-refractivity contribution in [3.8, 4) is 17.2 Å². The first-order chi connectivity index (χ1) is 18.9. The molecule has 0 bridgehead atoms. The minimum atomic E-state index is -0.824. The normalized spacial score (nSPS) is 18.1. The second-order valence-corrected chi connectivity index (χ2v) is 9.36. The Morgan fingerprint density at radius 3 is 2.74 bits per heavy atom. The highest BCUT2D eigenvalue weighted by Crippen LogP contribution is 2.30. The fourth-order valence-electron chi connectivity index (χ4n) is 4.76. The van der Waals surface area contributed by atoms with Crippen LogP contribution in [-0.4, -0.2) is 82.3 Å². The first-order valence-electron chi connectivity index (χ1n) is 12.7. The largest absolute Gasteiger partial charge is 0.477 e. The van der Waals surface area contributed by atoms with Crippen LogP contribution in [-0.2, 0) is 4.79 Å². The average molecular weight is 540 g/mol. The van der Waals surface area contributed by atoms with Crippen LogP contribution in [0.5, 0.6) is 5.75 Å². The van der Waals surface area contributed by atoms with Gasteiger partial charge < -0.3 is 30.4 Å². The molecule has 0 spiro atoms. The number of rotatable bonds is 8. The summed E-state index contributed by atoms with van der Waals surface area (Å²) in [5, 5.41) is 10.2. The summed E-state index contributed by atoms with van der Waals surface area (Å²) in [5.41, 5.74) is 7.48. The Balaban J connectivity index is 1.03. The maximum absolute atomic E-state index is 14.6. The molecule has 2 fully saturated rings. The van der Waals surface area contributed by atoms with Crippen LogP contribution >= 0.6 is 0 Å². The smallest absolute Gasteiger partial charge is 0.261 e. The molecule has 4 N–H and O–H groups in total. The molecular formula is C25H27F2N9O3. The summed E-state index contributed by atoms with van der Waals surface area (Å²) >= 11 is 0. The molecule has 1 unspecified atom stereocenters. The van der Waals surface area contributed by atoms with E-state index in [0.717, 1.165) is 6.07 Å². The van der Waals surface area contributed by atoms with Crippen LogP contribution in [0.2, 0.25) is 0 Å². The number of furan rings is 1. The molecule has 1 atom stereocenters. The highest BCUT2D eigenvalue weighted by Gasteiger charge is 2.28. The van der Waals surface area contributed by atoms with Gasteiger partial charge in [-0.25, -0.2) is 8.78 Å². The van der Waals surface area contributed by atoms with Crippen molar-refractivity contribution in [2.24, 2.45) is 0 Å². The Bertz CT molecular complexity index is 1490. The van der Waals surface area contributed by atoms with Gasteiger partial charge in [0.25, 0.3) is 5.91 Å². The van der Waals surface area contributed by atoms with Crippen LogP contribution in [0.1, 0.15) is 6.42 Å². The van der Waals surface area contributed by atoms with Gasteiger partial charge in [-0.1, -0.05) is 0 Å². The minimum Gasteiger partial charge on any atom is -0.477 e. The van der Waals surface area contributed by atoms with Crippen molar-refractivity contribution >= 4 is 29.1 Å². The van der Waals surface area contributed by atoms with Gasteiger partial charge in [0.05, 0.1) is 12.0 Å². The fraction of sp³-hybridized carbons (Fsp3) is 0.360. The third-order valence-corrected chi connectivity index (χ3v) is 6.81. The van der Waals surface area contributed by atoms with Crippen LogP contribution in [0, 0.1) is 11.6 Å². The molecule has 0 radical (unpaired) electrons. The molecule has 0 saturated carbocycles. The number of benzene rings is 1. The lowest BCUT2D eigenvalue weighted by molar-refractivity contribution is -0.125. The average Bonchev–Trinajstić information content (AvgIpc) is 3.68. The van der Waals surface area contributed by atoms with Crippen molar-refractivity contribution in [2.45, 2.75) is 12.5 Å². The Morgan fingerprint density at radius 1 is 1.15 bits per heavy atom. The van der Waals surface area contributed by atoms with Crippen LogP contribution < -0.4 is 26.0 Å². The first-order valence-corrected chi connectivity index (χ1v) is 12.7. The highest BCUT2D eigenvalue weighted by molar-refractivity contribution is 5.83. The highest BCUT2D eigenvalue weighted by atomic mass is 19.1. The van der Waals surface area contributed by atoms with E-state index in [1.54, 1.807) is 24.5 Å². The lowest BCUT2D eigenvalue weighted by atomic mass is 10.2. The SMILES string of the molecule is Nc1nc(NCCN2CCN(c3cc(OC4CCNC4=O)c(F)cc3F)CC2)nc2cc(-c3ccco3)nn12. The summed E-state index contributed by atoms with van der Waals surface area (Å²) in [4.78, 5) is 24.7. The van der Waals surface area contributed by atoms with E-state index < -0.39 is 17.7 Å². The Morgan fingerprint density at radius 2 is 2.00 bits per heavy atom. The fourth-order valence-corrected chi connectivity index (χ4v) is 4.76. The van der Waals surface area contributed by atoms with Crippen LogP contribution in [0.15, 0.2) is 41.0 Å². The maximum Gasteiger partial charge on any atom is 0.261 e. The zero-order valence-electron chi connectivity index (χ0n) is 20.9. The second kappa shape index (κ2) is 10.4. The molecule has 204 valence electrons. The summed E-state index contributed by atoms with van der Waals surface area (Å²) in [7, 11) is 0. The van der Waals surface area contributed by atoms with Gasteiger partial charge in [-0.2, -0.15) is 19.6 Å². The maximum atomic E-state index is 14.6. The van der Waals surface area contributed by atoms with Crippen molar-refractivity contribution in [1.29, 1.82) is 0 Å². The van der Waals surface area contributed by atoms with Crippen molar-refractivity contribution in [2.75, 3.05) is 61.8 Å². The number of amides is 1. The second-order valence-electron chi connectivity index (χ2n) is 9.36. The van der Waals surface area contributed by atoms with Crippen LogP contribution in [0.25, 0.3) is 17.1 Å². The van der Waals surface area contributed by atoms with Gasteiger partial charge >= 0.3 is 0 Å². The topological polar surface area (TPSA) is 139 Å². The van der Waals surface area contributed by atoms with Crippen LogP contribution in [0.3, 0.4) is 0 Å². The number of hydrogen-bond donors (Lipinski definition) is 3. The molecular weight excluding hydrogens is 512 g/mol. The van der Waals surface area contributed by atoms with E-state index in [2.05, 4.69) is 30.6 Å². The summed E-state index contributed by atoms with van der Waals surface area (Å²) in [5.74, 6) is -0.696. The van der Waals surface area contributed by atoms with Gasteiger partial charge in [-0.3, -0.25) is 9.69 Å². The minimum absolute atomic E-state index is 0.120. The molecule has 3 aromatic heterocycles. The lowest BCUT2D eigenvalue weighted by Gasteiger charge is -2.36. The summed E-state index contributed by atoms with van der Waals surface area (Å²) < 4.78 is 41.4. The quantitative estimate of drug-likeness (QED) is 0.303. The number of hydrogen-bond acceptors (Lipinski definition) is 10. The van der Waals surface area contributed by atoms with E-state index in [1.165, 1.54) is 10.6 Å². The number of carbonyl (C=O) groups is 1. The molecule has 2 saturated heterocycles. The number of ether oxygens (including phenoxy) is 1. The zero-order valence-corrected chi connectivity index (χ0v) is 20.9. The monoisotopic (exact) mass is 539 g/mol. The number of nitrogens with zero attached hydrogens (tertiary/aromatic N) is 6. The summed E-state index contributed by atoms with van der Waals surface area (Å²) in [6.45, 7) is 4.20. The standard InChI is InChI=1S/C25H27F2N9O3/c26-15-12-16(27)21(39-20-3-4-29-23(20)37)14-18(15)35-9-7-34(8-10-35)6-5-30-25-31-22-13-17(19-2-1-11-38-19)33-36(22)24(28)32-25/h1-2,11-14,20H,3-10H2,(H,29,37)(H3,28,30,31,32). The Labute approximate surface area is 221 Å². The van der Waals surface area contributed by atoms with Crippen molar-refractivity contribution in [1.82, 2.24) is 29.8 Å². The molecule has 12 nitrogen and oxygen atoms in total. The van der Waals surface area contributed by atoms with E-state index in [0.29, 0.717) is 75.3 Å². The van der Waals surface area contributed by atoms with Gasteiger partial charge in [0.2, 0.25) is 11.9 Å². The van der Waals surface area contributed by atoms with Crippen molar-refractivity contribution in [3.05, 3.63) is 48.2 Å². The number of piperazine rings is 1. The van der Waals surface area contributed by atoms with Crippen molar-refractivity contribution in [3.63, 3.8) is 0 Å². The Hall–Kier alpha value is -4.46. The molecule has 5 heterocycles. The van der Waals surface area contributed by atoms with Crippen molar-refractivity contribution < 1.29 is 22.7 Å². The van der Waals surface area contributed by atoms with E-state index >= 15 is 0 Å². The molecule has 2 aliphatic heterocycles. The van der Waals surface area contributed by atoms with Gasteiger partial charge in [-0.15, -0.1) is 0 Å². The number of nitrogen functional groups attached to an aromatic ring is 1. The van der Waals surface area contributed by atoms with Gasteiger partial charge in [0.15, 0.2) is 29.1 Å². The van der Waals surface area contributed by atoms with E-state index in [1.807, 2.05) is 4.90 Å². The Kier molecular flexibility index (Phi) is 6.60. The number of anilines is 3. The van der Waals surface area contributed by atoms with Crippen LogP contribution in [0.4, 0.5) is 26.4 Å². The number of carbonyl (C=O) groups excluding carboxylic acids is 1. The number of aromatic nitrogens is 4. The third-order valence-electron chi connectivity index (χ3n) is 6.81. The van der Waals surface area contributed by atoms with E-state index in [4.69, 9.17) is 14.9 Å². The number of nitrogens with one attached hydrogen (secondary N) is 2. The number of nitrogens with two attached hydrogens (primary N) is 1. The summed E-state index contributed by atoms with van der Waals surface area (Å²) in [6.07, 6.45) is 1.24.